The lowest BCUT2D eigenvalue weighted by molar-refractivity contribution is 0.320. The third-order valence-corrected chi connectivity index (χ3v) is 12.0. The first-order valence-corrected chi connectivity index (χ1v) is 30.9. The zero-order chi connectivity index (χ0) is 68.1. The van der Waals surface area contributed by atoms with Crippen molar-refractivity contribution in [2.75, 3.05) is 0 Å². The summed E-state index contributed by atoms with van der Waals surface area (Å²) in [6.45, 7) is 65.6. The van der Waals surface area contributed by atoms with E-state index in [0.717, 1.165) is 29.2 Å². The fourth-order valence-corrected chi connectivity index (χ4v) is 8.03. The molecule has 0 aliphatic carbocycles. The Labute approximate surface area is 525 Å². The smallest absolute Gasteiger partial charge is 0.129 e. The molecular formula is C79H123F6N. The van der Waals surface area contributed by atoms with Gasteiger partial charge in [0.2, 0.25) is 0 Å². The number of halogens is 6. The van der Waals surface area contributed by atoms with Gasteiger partial charge in [-0.2, -0.15) is 0 Å². The van der Waals surface area contributed by atoms with Crippen LogP contribution in [0.15, 0.2) is 140 Å². The number of nitrogens with zero attached hydrogens (tertiary/aromatic N) is 1. The largest absolute Gasteiger partial charge is 0.264 e. The topological polar surface area (TPSA) is 12.9 Å². The van der Waals surface area contributed by atoms with Gasteiger partial charge in [-0.1, -0.05) is 294 Å². The second-order valence-corrected chi connectivity index (χ2v) is 32.8. The molecule has 0 aliphatic heterocycles. The highest BCUT2D eigenvalue weighted by Crippen LogP contribution is 2.29. The van der Waals surface area contributed by atoms with E-state index in [1.807, 2.05) is 72.0 Å². The normalized spacial score (nSPS) is 11.8. The monoisotopic (exact) mass is 1200 g/mol. The Morgan fingerprint density at radius 1 is 0.349 bits per heavy atom. The van der Waals surface area contributed by atoms with Crippen molar-refractivity contribution in [1.29, 1.82) is 0 Å². The number of benzene rings is 5. The molecule has 0 spiro atoms. The molecule has 0 fully saturated rings. The average molecular weight is 1200 g/mol. The molecule has 0 aliphatic rings. The molecule has 6 rings (SSSR count). The van der Waals surface area contributed by atoms with E-state index in [0.29, 0.717) is 27.2 Å². The molecule has 6 aromatic rings. The Hall–Kier alpha value is -5.17. The van der Waals surface area contributed by atoms with Gasteiger partial charge in [-0.05, 0) is 150 Å². The van der Waals surface area contributed by atoms with Gasteiger partial charge in [0, 0.05) is 18.0 Å². The maximum Gasteiger partial charge on any atom is 0.129 e. The minimum absolute atomic E-state index is 0.0437. The summed E-state index contributed by atoms with van der Waals surface area (Å²) in [5, 5.41) is 0. The second-order valence-electron chi connectivity index (χ2n) is 32.8. The molecule has 0 saturated carbocycles. The highest BCUT2D eigenvalue weighted by molar-refractivity contribution is 5.28. The van der Waals surface area contributed by atoms with Crippen molar-refractivity contribution in [3.63, 3.8) is 0 Å². The van der Waals surface area contributed by atoms with Crippen molar-refractivity contribution in [1.82, 2.24) is 4.98 Å². The van der Waals surface area contributed by atoms with E-state index in [1.165, 1.54) is 66.8 Å². The lowest BCUT2D eigenvalue weighted by Gasteiger charge is -2.20. The van der Waals surface area contributed by atoms with Gasteiger partial charge in [-0.25, -0.2) is 26.3 Å². The summed E-state index contributed by atoms with van der Waals surface area (Å²) < 4.78 is 77.8. The van der Waals surface area contributed by atoms with E-state index in [9.17, 15) is 26.3 Å². The first kappa shape index (κ1) is 85.0. The Kier molecular flexibility index (Phi) is 37.2. The van der Waals surface area contributed by atoms with Crippen molar-refractivity contribution >= 4 is 0 Å². The molecule has 0 saturated heterocycles. The summed E-state index contributed by atoms with van der Waals surface area (Å²) in [5.74, 6) is -1.09. The molecule has 1 nitrogen and oxygen atoms in total. The van der Waals surface area contributed by atoms with Crippen molar-refractivity contribution < 1.29 is 26.3 Å². The summed E-state index contributed by atoms with van der Waals surface area (Å²) in [6, 6.07) is 35.8. The van der Waals surface area contributed by atoms with Crippen LogP contribution in [-0.4, -0.2) is 4.98 Å². The van der Waals surface area contributed by atoms with Crippen LogP contribution in [0.3, 0.4) is 0 Å². The van der Waals surface area contributed by atoms with Gasteiger partial charge < -0.3 is 0 Å². The molecule has 86 heavy (non-hydrogen) atoms. The molecule has 7 heteroatoms. The SMILES string of the molecule is CC(C)(C)C.CC(C)(C)c1c(F)cccc1F.CC(C)(C)c1cc(F)ccc1F.CC(C)(C)c1cccc(F)c1.CC(C)(C)c1ccccc1.CC(C)(C)c1ccccc1F.CC(C)(C)c1cccnc1.CC(C)CC(C)(C)C.CCCC(C)(C)C. The molecule has 0 atom stereocenters. The van der Waals surface area contributed by atoms with E-state index in [1.54, 1.807) is 45.2 Å². The summed E-state index contributed by atoms with van der Waals surface area (Å²) in [5.41, 5.74) is 6.31. The Bertz CT molecular complexity index is 2640. The van der Waals surface area contributed by atoms with Crippen LogP contribution in [0.25, 0.3) is 0 Å². The minimum atomic E-state index is -0.477. The molecule has 0 unspecified atom stereocenters. The lowest BCUT2D eigenvalue weighted by atomic mass is 9.86. The Balaban J connectivity index is -0.000000910. The van der Waals surface area contributed by atoms with Crippen LogP contribution in [0.1, 0.15) is 267 Å². The maximum absolute atomic E-state index is 13.1. The van der Waals surface area contributed by atoms with Crippen LogP contribution in [-0.2, 0) is 32.5 Å². The average Bonchev–Trinajstić information content (AvgIpc) is 3.49. The Morgan fingerprint density at radius 2 is 0.733 bits per heavy atom. The van der Waals surface area contributed by atoms with Crippen LogP contribution in [0.5, 0.6) is 0 Å². The Morgan fingerprint density at radius 3 is 0.988 bits per heavy atom. The summed E-state index contributed by atoms with van der Waals surface area (Å²) in [4.78, 5) is 4.05. The molecule has 0 N–H and O–H groups in total. The number of rotatable bonds is 2. The number of hydrogen-bond acceptors (Lipinski definition) is 1. The fraction of sp³-hybridized carbons (Fsp3) is 0.557. The minimum Gasteiger partial charge on any atom is -0.264 e. The molecule has 486 valence electrons. The van der Waals surface area contributed by atoms with Crippen LogP contribution >= 0.6 is 0 Å². The van der Waals surface area contributed by atoms with E-state index in [-0.39, 0.29) is 50.5 Å². The molecule has 1 heterocycles. The summed E-state index contributed by atoms with van der Waals surface area (Å²) in [7, 11) is 0. The number of pyridine rings is 1. The van der Waals surface area contributed by atoms with Crippen LogP contribution in [0, 0.1) is 57.1 Å². The second kappa shape index (κ2) is 37.6. The summed E-state index contributed by atoms with van der Waals surface area (Å²) in [6.07, 6.45) is 7.69. The first-order valence-electron chi connectivity index (χ1n) is 30.9. The molecule has 0 bridgehead atoms. The van der Waals surface area contributed by atoms with Gasteiger partial charge in [0.05, 0.1) is 0 Å². The van der Waals surface area contributed by atoms with Crippen LogP contribution < -0.4 is 0 Å². The van der Waals surface area contributed by atoms with Crippen molar-refractivity contribution in [3.8, 4) is 0 Å². The van der Waals surface area contributed by atoms with Crippen molar-refractivity contribution in [2.45, 2.75) is 266 Å². The highest BCUT2D eigenvalue weighted by atomic mass is 19.2. The molecular weight excluding hydrogens is 1080 g/mol. The van der Waals surface area contributed by atoms with Gasteiger partial charge in [0.25, 0.3) is 0 Å². The standard InChI is InChI=1S/2C10H12F2.2C10H13F.C10H14.C9H13N.C8H18.C7H16.C5H12/c1-10(2,3)8-6-7(11)4-5-9(8)12;1-10(2,3)9-7(11)5-4-6-8(9)12;1-10(2,3)8-5-4-6-9(11)7-8;1-10(2,3)8-6-4-5-7-9(8)11;1-10(2,3)9-7-5-4-6-8-9;1-9(2,3)8-5-4-6-10-7-8;1-7(2)6-8(3,4)5;1-5-6-7(2,3)4;1-5(2,3)4/h2*4-6H,1-3H3;2*4-7H,1-3H3;4-8H,1-3H3;4-7H,1-3H3;7H,6H2,1-5H3;5-6H2,1-4H3;1-4H3. The van der Waals surface area contributed by atoms with Crippen molar-refractivity contribution in [2.24, 2.45) is 22.2 Å². The third kappa shape index (κ3) is 44.3. The zero-order valence-corrected chi connectivity index (χ0v) is 60.2. The molecule has 0 radical (unpaired) electrons. The van der Waals surface area contributed by atoms with Gasteiger partial charge in [-0.3, -0.25) is 4.98 Å². The quantitative estimate of drug-likeness (QED) is 0.158. The van der Waals surface area contributed by atoms with Gasteiger partial charge >= 0.3 is 0 Å². The number of aromatic nitrogens is 1. The summed E-state index contributed by atoms with van der Waals surface area (Å²) >= 11 is 0. The van der Waals surface area contributed by atoms with Gasteiger partial charge in [0.15, 0.2) is 0 Å². The van der Waals surface area contributed by atoms with Gasteiger partial charge in [0.1, 0.15) is 34.9 Å². The van der Waals surface area contributed by atoms with E-state index in [4.69, 9.17) is 0 Å². The fourth-order valence-electron chi connectivity index (χ4n) is 8.03. The lowest BCUT2D eigenvalue weighted by Crippen LogP contribution is -2.15. The predicted molar refractivity (Wildman–Crippen MR) is 367 cm³/mol. The van der Waals surface area contributed by atoms with E-state index in [2.05, 4.69) is 194 Å². The zero-order valence-electron chi connectivity index (χ0n) is 60.2. The van der Waals surface area contributed by atoms with Gasteiger partial charge in [-0.15, -0.1) is 0 Å². The molecule has 0 amide bonds. The van der Waals surface area contributed by atoms with Crippen LogP contribution in [0.2, 0.25) is 0 Å². The van der Waals surface area contributed by atoms with Crippen LogP contribution in [0.4, 0.5) is 26.3 Å². The molecule has 1 aromatic heterocycles. The van der Waals surface area contributed by atoms with Crippen molar-refractivity contribution in [3.05, 3.63) is 208 Å². The van der Waals surface area contributed by atoms with E-state index >= 15 is 0 Å². The first-order chi connectivity index (χ1) is 38.5. The van der Waals surface area contributed by atoms with E-state index < -0.39 is 17.0 Å². The number of hydrogen-bond donors (Lipinski definition) is 0. The highest BCUT2D eigenvalue weighted by Gasteiger charge is 2.23. The maximum atomic E-state index is 13.1. The molecule has 5 aromatic carbocycles. The predicted octanol–water partition coefficient (Wildman–Crippen LogP) is 26.1. The third-order valence-electron chi connectivity index (χ3n) is 12.0.